The largest absolute Gasteiger partial charge is 0.507 e. The highest BCUT2D eigenvalue weighted by Gasteiger charge is 2.13. The number of anilines is 2. The Morgan fingerprint density at radius 3 is 2.45 bits per heavy atom. The number of phenols is 1. The Morgan fingerprint density at radius 1 is 1.03 bits per heavy atom. The van der Waals surface area contributed by atoms with Crippen molar-refractivity contribution in [3.05, 3.63) is 72.4 Å². The summed E-state index contributed by atoms with van der Waals surface area (Å²) in [5.74, 6) is -0.664. The van der Waals surface area contributed by atoms with E-state index in [1.165, 1.54) is 24.4 Å². The van der Waals surface area contributed by atoms with Crippen LogP contribution in [0.4, 0.5) is 11.4 Å². The fraction of sp³-hybridized carbons (Fsp3) is 0. The molecule has 3 rings (SSSR count). The fourth-order valence-corrected chi connectivity index (χ4v) is 3.18. The molecule has 1 amide bonds. The number of fused-ring (bicyclic) bond motifs is 1. The molecular weight excluding hydrogens is 394 g/mol. The van der Waals surface area contributed by atoms with Crippen molar-refractivity contribution in [3.8, 4) is 11.8 Å². The number of nitriles is 1. The normalized spacial score (nSPS) is 11.7. The molecule has 0 atom stereocenters. The van der Waals surface area contributed by atoms with Crippen LogP contribution in [-0.2, 0) is 14.9 Å². The van der Waals surface area contributed by atoms with Crippen LogP contribution in [0.2, 0.25) is 0 Å². The van der Waals surface area contributed by atoms with Gasteiger partial charge in [-0.2, -0.15) is 13.7 Å². The number of amides is 1. The molecule has 0 aliphatic heterocycles. The van der Waals surface area contributed by atoms with Crippen molar-refractivity contribution in [1.29, 1.82) is 5.26 Å². The average molecular weight is 409 g/mol. The Hall–Kier alpha value is -3.87. The van der Waals surface area contributed by atoms with Crippen LogP contribution in [-0.4, -0.2) is 24.0 Å². The van der Waals surface area contributed by atoms with Crippen LogP contribution in [0, 0.1) is 11.3 Å². The summed E-state index contributed by atoms with van der Waals surface area (Å²) in [4.78, 5) is 12.0. The molecule has 0 unspecified atom stereocenters. The molecule has 0 bridgehead atoms. The molecular formula is C20H15N3O5S. The van der Waals surface area contributed by atoms with Gasteiger partial charge in [-0.15, -0.1) is 0 Å². The van der Waals surface area contributed by atoms with E-state index in [4.69, 9.17) is 4.55 Å². The van der Waals surface area contributed by atoms with Gasteiger partial charge in [-0.3, -0.25) is 9.35 Å². The lowest BCUT2D eigenvalue weighted by atomic mass is 10.1. The van der Waals surface area contributed by atoms with Crippen molar-refractivity contribution >= 4 is 38.2 Å². The monoisotopic (exact) mass is 409 g/mol. The lowest BCUT2D eigenvalue weighted by Gasteiger charge is -2.09. The highest BCUT2D eigenvalue weighted by molar-refractivity contribution is 7.85. The maximum atomic E-state index is 12.3. The predicted octanol–water partition coefficient (Wildman–Crippen LogP) is 3.25. The zero-order valence-corrected chi connectivity index (χ0v) is 15.6. The van der Waals surface area contributed by atoms with Crippen LogP contribution in [0.1, 0.15) is 0 Å². The Bertz CT molecular complexity index is 1280. The minimum Gasteiger partial charge on any atom is -0.507 e. The smallest absolute Gasteiger partial charge is 0.294 e. The number of rotatable bonds is 5. The summed E-state index contributed by atoms with van der Waals surface area (Å²) < 4.78 is 31.5. The molecule has 0 aliphatic rings. The summed E-state index contributed by atoms with van der Waals surface area (Å²) in [6.07, 6.45) is 1.21. The molecule has 0 saturated heterocycles. The SMILES string of the molecule is N#C/C(=C/Nc1cccc2c(O)cccc12)C(=O)Nc1cccc(S(=O)(=O)O)c1. The molecule has 8 nitrogen and oxygen atoms in total. The minimum atomic E-state index is -4.42. The first-order valence-corrected chi connectivity index (χ1v) is 9.70. The maximum Gasteiger partial charge on any atom is 0.294 e. The van der Waals surface area contributed by atoms with Gasteiger partial charge in [0.2, 0.25) is 0 Å². The molecule has 3 aromatic carbocycles. The van der Waals surface area contributed by atoms with Gasteiger partial charge >= 0.3 is 0 Å². The molecule has 9 heteroatoms. The predicted molar refractivity (Wildman–Crippen MR) is 108 cm³/mol. The third-order valence-corrected chi connectivity index (χ3v) is 4.88. The second-order valence-electron chi connectivity index (χ2n) is 5.95. The van der Waals surface area contributed by atoms with Crippen molar-refractivity contribution in [3.63, 3.8) is 0 Å². The van der Waals surface area contributed by atoms with Crippen molar-refractivity contribution in [2.75, 3.05) is 10.6 Å². The number of benzene rings is 3. The molecule has 146 valence electrons. The first kappa shape index (κ1) is 19.9. The van der Waals surface area contributed by atoms with Crippen LogP contribution in [0.15, 0.2) is 77.3 Å². The Morgan fingerprint density at radius 2 is 1.72 bits per heavy atom. The summed E-state index contributed by atoms with van der Waals surface area (Å²) in [6.45, 7) is 0. The number of phenolic OH excluding ortho intramolecular Hbond substituents is 1. The zero-order chi connectivity index (χ0) is 21.0. The summed E-state index contributed by atoms with van der Waals surface area (Å²) in [6, 6.07) is 16.9. The second-order valence-corrected chi connectivity index (χ2v) is 7.37. The van der Waals surface area contributed by atoms with Gasteiger partial charge in [-0.25, -0.2) is 0 Å². The van der Waals surface area contributed by atoms with Crippen molar-refractivity contribution in [1.82, 2.24) is 0 Å². The number of carbonyl (C=O) groups is 1. The van der Waals surface area contributed by atoms with E-state index in [1.54, 1.807) is 42.5 Å². The van der Waals surface area contributed by atoms with E-state index in [2.05, 4.69) is 10.6 Å². The van der Waals surface area contributed by atoms with Crippen molar-refractivity contribution in [2.45, 2.75) is 4.90 Å². The van der Waals surface area contributed by atoms with Crippen LogP contribution >= 0.6 is 0 Å². The molecule has 0 aliphatic carbocycles. The van der Waals surface area contributed by atoms with E-state index in [1.807, 2.05) is 0 Å². The molecule has 4 N–H and O–H groups in total. The van der Waals surface area contributed by atoms with Crippen LogP contribution in [0.25, 0.3) is 10.8 Å². The van der Waals surface area contributed by atoms with E-state index >= 15 is 0 Å². The number of hydrogen-bond acceptors (Lipinski definition) is 6. The molecule has 0 saturated carbocycles. The van der Waals surface area contributed by atoms with Gasteiger partial charge in [-0.1, -0.05) is 30.3 Å². The van der Waals surface area contributed by atoms with Gasteiger partial charge in [0.1, 0.15) is 17.4 Å². The molecule has 29 heavy (non-hydrogen) atoms. The third kappa shape index (κ3) is 4.52. The van der Waals surface area contributed by atoms with Crippen LogP contribution < -0.4 is 10.6 Å². The summed E-state index contributed by atoms with van der Waals surface area (Å²) in [5.41, 5.74) is 0.410. The molecule has 0 spiro atoms. The highest BCUT2D eigenvalue weighted by atomic mass is 32.2. The summed E-state index contributed by atoms with van der Waals surface area (Å²) >= 11 is 0. The van der Waals surface area contributed by atoms with Crippen LogP contribution in [0.5, 0.6) is 5.75 Å². The maximum absolute atomic E-state index is 12.3. The summed E-state index contributed by atoms with van der Waals surface area (Å²) in [5, 5.41) is 25.8. The van der Waals surface area contributed by atoms with E-state index < -0.39 is 16.0 Å². The first-order valence-electron chi connectivity index (χ1n) is 8.26. The lowest BCUT2D eigenvalue weighted by Crippen LogP contribution is -2.15. The molecule has 0 aromatic heterocycles. The van der Waals surface area contributed by atoms with E-state index in [9.17, 15) is 23.6 Å². The van der Waals surface area contributed by atoms with E-state index in [0.717, 1.165) is 6.07 Å². The quantitative estimate of drug-likeness (QED) is 0.288. The van der Waals surface area contributed by atoms with Gasteiger partial charge in [0, 0.05) is 28.3 Å². The van der Waals surface area contributed by atoms with Gasteiger partial charge in [0.25, 0.3) is 16.0 Å². The van der Waals surface area contributed by atoms with Crippen molar-refractivity contribution in [2.24, 2.45) is 0 Å². The van der Waals surface area contributed by atoms with Gasteiger partial charge in [0.05, 0.1) is 4.90 Å². The minimum absolute atomic E-state index is 0.0985. The van der Waals surface area contributed by atoms with Crippen molar-refractivity contribution < 1.29 is 22.9 Å². The van der Waals surface area contributed by atoms with E-state index in [0.29, 0.717) is 16.5 Å². The van der Waals surface area contributed by atoms with Gasteiger partial charge in [0.15, 0.2) is 0 Å². The summed E-state index contributed by atoms with van der Waals surface area (Å²) in [7, 11) is -4.42. The number of nitrogens with zero attached hydrogens (tertiary/aromatic N) is 1. The molecule has 0 fully saturated rings. The van der Waals surface area contributed by atoms with Gasteiger partial charge < -0.3 is 15.7 Å². The number of aromatic hydroxyl groups is 1. The molecule has 0 heterocycles. The second kappa shape index (κ2) is 8.02. The Balaban J connectivity index is 1.83. The average Bonchev–Trinajstić information content (AvgIpc) is 2.68. The van der Waals surface area contributed by atoms with Crippen LogP contribution in [0.3, 0.4) is 0 Å². The zero-order valence-electron chi connectivity index (χ0n) is 14.8. The number of hydrogen-bond donors (Lipinski definition) is 4. The highest BCUT2D eigenvalue weighted by Crippen LogP contribution is 2.29. The number of nitrogens with one attached hydrogen (secondary N) is 2. The fourth-order valence-electron chi connectivity index (χ4n) is 2.65. The standard InChI is InChI=1S/C20H15N3O5S/c21-11-13(20(25)23-14-4-1-5-15(10-14)29(26,27)28)12-22-18-8-2-7-17-16(18)6-3-9-19(17)24/h1-10,12,22,24H,(H,23,25)(H,26,27,28)/b13-12-. The first-order chi connectivity index (χ1) is 13.8. The Kier molecular flexibility index (Phi) is 5.50. The Labute approximate surface area is 166 Å². The third-order valence-electron chi connectivity index (χ3n) is 4.03. The molecule has 3 aromatic rings. The number of carbonyl (C=O) groups excluding carboxylic acids is 1. The molecule has 0 radical (unpaired) electrons. The van der Waals surface area contributed by atoms with E-state index in [-0.39, 0.29) is 21.9 Å². The topological polar surface area (TPSA) is 140 Å². The van der Waals surface area contributed by atoms with Gasteiger partial charge in [-0.05, 0) is 30.3 Å². The lowest BCUT2D eigenvalue weighted by molar-refractivity contribution is -0.112.